The van der Waals surface area contributed by atoms with Crippen molar-refractivity contribution in [3.05, 3.63) is 34.2 Å². The maximum Gasteiger partial charge on any atom is 0.247 e. The molecule has 1 aromatic rings. The maximum absolute atomic E-state index is 12.3. The van der Waals surface area contributed by atoms with Crippen LogP contribution < -0.4 is 10.9 Å². The molecule has 2 aliphatic rings. The summed E-state index contributed by atoms with van der Waals surface area (Å²) in [4.78, 5) is 26.2. The zero-order chi connectivity index (χ0) is 16.3. The summed E-state index contributed by atoms with van der Waals surface area (Å²) in [6, 6.07) is 3.29. The minimum absolute atomic E-state index is 0.00622. The van der Waals surface area contributed by atoms with Crippen molar-refractivity contribution in [2.75, 3.05) is 0 Å². The van der Waals surface area contributed by atoms with Crippen LogP contribution in [-0.2, 0) is 10.3 Å². The first-order chi connectivity index (χ1) is 11.1. The molecule has 1 saturated carbocycles. The summed E-state index contributed by atoms with van der Waals surface area (Å²) in [5.41, 5.74) is 0.0565. The molecule has 0 saturated heterocycles. The highest BCUT2D eigenvalue weighted by atomic mass is 16.1. The van der Waals surface area contributed by atoms with Crippen LogP contribution >= 0.6 is 0 Å². The van der Waals surface area contributed by atoms with Gasteiger partial charge in [0.05, 0.1) is 5.54 Å². The number of hydrogen-bond donors (Lipinski definition) is 2. The van der Waals surface area contributed by atoms with Gasteiger partial charge in [0.1, 0.15) is 0 Å². The summed E-state index contributed by atoms with van der Waals surface area (Å²) >= 11 is 0. The van der Waals surface area contributed by atoms with E-state index >= 15 is 0 Å². The van der Waals surface area contributed by atoms with Crippen molar-refractivity contribution in [1.82, 2.24) is 10.3 Å². The number of rotatable bonds is 7. The second-order valence-corrected chi connectivity index (χ2v) is 6.31. The lowest BCUT2D eigenvalue weighted by Gasteiger charge is -2.43. The van der Waals surface area contributed by atoms with Crippen LogP contribution in [0.5, 0.6) is 0 Å². The Kier molecular flexibility index (Phi) is 4.03. The predicted molar refractivity (Wildman–Crippen MR) is 85.6 cm³/mol. The molecule has 0 bridgehead atoms. The van der Waals surface area contributed by atoms with E-state index in [1.54, 1.807) is 12.3 Å². The zero-order valence-corrected chi connectivity index (χ0v) is 13.0. The summed E-state index contributed by atoms with van der Waals surface area (Å²) in [5.74, 6) is 2.58. The molecule has 0 radical (unpaired) electrons. The fourth-order valence-corrected chi connectivity index (χ4v) is 3.04. The van der Waals surface area contributed by atoms with Gasteiger partial charge in [-0.3, -0.25) is 9.59 Å². The lowest BCUT2D eigenvalue weighted by Crippen LogP contribution is -2.51. The lowest BCUT2D eigenvalue weighted by molar-refractivity contribution is -0.124. The first-order valence-corrected chi connectivity index (χ1v) is 7.95. The van der Waals surface area contributed by atoms with Gasteiger partial charge in [0.2, 0.25) is 11.5 Å². The van der Waals surface area contributed by atoms with E-state index in [-0.39, 0.29) is 17.0 Å². The first kappa shape index (κ1) is 15.5. The molecule has 1 aromatic heterocycles. The molecule has 1 amide bonds. The van der Waals surface area contributed by atoms with Gasteiger partial charge in [-0.25, -0.2) is 0 Å². The number of terminal acetylenes is 1. The molecule has 23 heavy (non-hydrogen) atoms. The second kappa shape index (κ2) is 5.99. The highest BCUT2D eigenvalue weighted by molar-refractivity contribution is 5.77. The number of hydrogen-bond acceptors (Lipinski definition) is 4. The third kappa shape index (κ3) is 3.34. The topological polar surface area (TPSA) is 86.7 Å². The zero-order valence-electron chi connectivity index (χ0n) is 13.0. The van der Waals surface area contributed by atoms with Gasteiger partial charge in [-0.1, -0.05) is 0 Å². The summed E-state index contributed by atoms with van der Waals surface area (Å²) in [7, 11) is 0. The smallest absolute Gasteiger partial charge is 0.247 e. The van der Waals surface area contributed by atoms with Crippen LogP contribution in [0, 0.1) is 12.3 Å². The van der Waals surface area contributed by atoms with E-state index in [0.29, 0.717) is 25.7 Å². The Morgan fingerprint density at radius 2 is 2.13 bits per heavy atom. The fourth-order valence-electron chi connectivity index (χ4n) is 3.04. The lowest BCUT2D eigenvalue weighted by atomic mass is 9.72. The van der Waals surface area contributed by atoms with Crippen LogP contribution in [-0.4, -0.2) is 16.6 Å². The number of H-pyrrole nitrogens is 1. The van der Waals surface area contributed by atoms with E-state index in [2.05, 4.69) is 26.4 Å². The van der Waals surface area contributed by atoms with Crippen LogP contribution in [0.25, 0.3) is 0 Å². The molecule has 6 nitrogen and oxygen atoms in total. The Morgan fingerprint density at radius 3 is 2.65 bits per heavy atom. The average molecular weight is 312 g/mol. The molecule has 120 valence electrons. The van der Waals surface area contributed by atoms with Crippen molar-refractivity contribution in [3.63, 3.8) is 0 Å². The van der Waals surface area contributed by atoms with Crippen molar-refractivity contribution in [1.29, 1.82) is 0 Å². The summed E-state index contributed by atoms with van der Waals surface area (Å²) in [6.07, 6.45) is 12.1. The molecule has 1 fully saturated rings. The molecule has 3 rings (SSSR count). The van der Waals surface area contributed by atoms with Gasteiger partial charge in [0.15, 0.2) is 5.66 Å². The summed E-state index contributed by atoms with van der Waals surface area (Å²) < 4.78 is 0. The monoisotopic (exact) mass is 312 g/mol. The average Bonchev–Trinajstić information content (AvgIpc) is 3.28. The van der Waals surface area contributed by atoms with E-state index in [9.17, 15) is 9.59 Å². The largest absolute Gasteiger partial charge is 0.347 e. The molecule has 1 aliphatic heterocycles. The molecule has 6 heteroatoms. The minimum Gasteiger partial charge on any atom is -0.347 e. The number of amides is 1. The molecule has 2 heterocycles. The molecule has 1 aliphatic carbocycles. The molecular weight excluding hydrogens is 292 g/mol. The molecule has 0 atom stereocenters. The highest BCUT2D eigenvalue weighted by Gasteiger charge is 2.42. The number of nitrogens with one attached hydrogen (secondary N) is 2. The Bertz CT molecular complexity index is 698. The van der Waals surface area contributed by atoms with Crippen LogP contribution in [0.1, 0.15) is 50.5 Å². The number of aromatic amines is 1. The third-order valence-corrected chi connectivity index (χ3v) is 4.73. The molecule has 0 spiro atoms. The molecular formula is C17H20N4O2. The molecule has 0 unspecified atom stereocenters. The van der Waals surface area contributed by atoms with Crippen molar-refractivity contribution in [2.45, 2.75) is 56.1 Å². The molecule has 2 N–H and O–H groups in total. The number of carbonyl (C=O) groups excluding carboxylic acids is 1. The number of pyridine rings is 1. The van der Waals surface area contributed by atoms with Crippen molar-refractivity contribution >= 4 is 5.91 Å². The Labute approximate surface area is 134 Å². The molecule has 0 aromatic carbocycles. The van der Waals surface area contributed by atoms with Crippen LogP contribution in [0.2, 0.25) is 0 Å². The van der Waals surface area contributed by atoms with E-state index in [4.69, 9.17) is 6.42 Å². The van der Waals surface area contributed by atoms with E-state index in [0.717, 1.165) is 24.8 Å². The Morgan fingerprint density at radius 1 is 1.35 bits per heavy atom. The van der Waals surface area contributed by atoms with Gasteiger partial charge in [-0.15, -0.1) is 12.3 Å². The van der Waals surface area contributed by atoms with Crippen LogP contribution in [0.4, 0.5) is 0 Å². The fraction of sp³-hybridized carbons (Fsp3) is 0.529. The van der Waals surface area contributed by atoms with Gasteiger partial charge in [0.25, 0.3) is 0 Å². The number of aromatic nitrogens is 1. The van der Waals surface area contributed by atoms with Crippen molar-refractivity contribution in [2.24, 2.45) is 10.2 Å². The highest BCUT2D eigenvalue weighted by Crippen LogP contribution is 2.41. The standard InChI is InChI=1S/C17H20N4O2/c1-2-3-10-17(20-21-17)11-7-15(23)19-16(8-4-9-16)13-5-6-14(22)18-12-13/h1,5-6,12H,3-4,7-11H2,(H,18,22)(H,19,23). The Hall–Kier alpha value is -2.42. The number of nitrogens with zero attached hydrogens (tertiary/aromatic N) is 2. The van der Waals surface area contributed by atoms with E-state index in [1.807, 2.05) is 0 Å². The maximum atomic E-state index is 12.3. The van der Waals surface area contributed by atoms with Gasteiger partial charge in [-0.2, -0.15) is 10.2 Å². The third-order valence-electron chi connectivity index (χ3n) is 4.73. The van der Waals surface area contributed by atoms with Crippen molar-refractivity contribution in [3.8, 4) is 12.3 Å². The first-order valence-electron chi connectivity index (χ1n) is 7.95. The summed E-state index contributed by atoms with van der Waals surface area (Å²) in [5, 5.41) is 11.2. The van der Waals surface area contributed by atoms with E-state index < -0.39 is 5.66 Å². The van der Waals surface area contributed by atoms with Crippen LogP contribution in [0.15, 0.2) is 33.4 Å². The number of carbonyl (C=O) groups is 1. The summed E-state index contributed by atoms with van der Waals surface area (Å²) in [6.45, 7) is 0. The van der Waals surface area contributed by atoms with E-state index in [1.165, 1.54) is 6.07 Å². The Balaban J connectivity index is 1.57. The van der Waals surface area contributed by atoms with Crippen molar-refractivity contribution < 1.29 is 4.79 Å². The normalized spacial score (nSPS) is 19.4. The van der Waals surface area contributed by atoms with Gasteiger partial charge in [-0.05, 0) is 30.9 Å². The SMILES string of the molecule is C#CCCC1(CCC(=O)NC2(c3ccc(=O)[nH]c3)CCC2)N=N1. The minimum atomic E-state index is -0.422. The predicted octanol–water partition coefficient (Wildman–Crippen LogP) is 2.23. The van der Waals surface area contributed by atoms with Gasteiger partial charge < -0.3 is 10.3 Å². The van der Waals surface area contributed by atoms with Gasteiger partial charge >= 0.3 is 0 Å². The van der Waals surface area contributed by atoms with Gasteiger partial charge in [0, 0.05) is 37.9 Å². The quantitative estimate of drug-likeness (QED) is 0.756. The second-order valence-electron chi connectivity index (χ2n) is 6.31. The van der Waals surface area contributed by atoms with Crippen LogP contribution in [0.3, 0.4) is 0 Å².